The summed E-state index contributed by atoms with van der Waals surface area (Å²) in [4.78, 5) is 51.2. The molecule has 0 radical (unpaired) electrons. The average Bonchev–Trinajstić information content (AvgIpc) is 3.23. The average molecular weight is 986 g/mol. The molecule has 0 amide bonds. The molecule has 22 heteroatoms. The van der Waals surface area contributed by atoms with E-state index in [4.69, 9.17) is 34.3 Å². The minimum absolute atomic E-state index is 0. The molecule has 67 heavy (non-hydrogen) atoms. The zero-order valence-electron chi connectivity index (χ0n) is 40.6. The van der Waals surface area contributed by atoms with Gasteiger partial charge in [0.1, 0.15) is 48.8 Å². The number of ketones is 1. The van der Waals surface area contributed by atoms with Gasteiger partial charge < -0.3 is 89.5 Å². The van der Waals surface area contributed by atoms with Crippen LogP contribution in [0.1, 0.15) is 106 Å². The summed E-state index contributed by atoms with van der Waals surface area (Å²) in [7, 11) is 2.25. The fraction of sp³-hybridized carbons (Fsp3) is 0.867. The van der Waals surface area contributed by atoms with E-state index in [1.807, 2.05) is 6.08 Å². The molecule has 6 fully saturated rings. The van der Waals surface area contributed by atoms with E-state index in [9.17, 15) is 60.0 Å². The predicted molar refractivity (Wildman–Crippen MR) is 227 cm³/mol. The Morgan fingerprint density at radius 2 is 1.15 bits per heavy atom. The van der Waals surface area contributed by atoms with Crippen molar-refractivity contribution in [2.24, 2.45) is 50.2 Å². The SMILES string of the molecule is CC1(C(=O)[O-])CCC2(C)CCC3(C)C(=CC(=O)C4C5(C)CC(OC6OC(C(=O)[O-])C(OC7OC(C(=O)[O-])C(O)C(O)C7O)C(O)C6O)CC(C)(C)C5CCC43C)C2C1.C[O-].C[O-].C[O-].[Mg+2].[Mg+2].[Mg+2]. The van der Waals surface area contributed by atoms with Crippen LogP contribution in [0.2, 0.25) is 0 Å². The van der Waals surface area contributed by atoms with Gasteiger partial charge in [-0.2, -0.15) is 21.3 Å². The fourth-order valence-electron chi connectivity index (χ4n) is 13.5. The summed E-state index contributed by atoms with van der Waals surface area (Å²) in [5.41, 5.74) is -2.05. The number of carbonyl (C=O) groups excluding carboxylic acids is 4. The van der Waals surface area contributed by atoms with Gasteiger partial charge in [-0.1, -0.05) is 54.0 Å². The second-order valence-corrected chi connectivity index (χ2v) is 20.7. The quantitative estimate of drug-likeness (QED) is 0.117. The van der Waals surface area contributed by atoms with Gasteiger partial charge in [0.2, 0.25) is 0 Å². The first kappa shape index (κ1) is 64.7. The predicted octanol–water partition coefficient (Wildman–Crippen LogP) is -5.97. The molecule has 7 rings (SSSR count). The van der Waals surface area contributed by atoms with Crippen LogP contribution in [-0.2, 0) is 38.1 Å². The van der Waals surface area contributed by atoms with Gasteiger partial charge in [-0.05, 0) is 103 Å². The van der Waals surface area contributed by atoms with E-state index in [1.54, 1.807) is 6.92 Å². The summed E-state index contributed by atoms with van der Waals surface area (Å²) in [6.45, 7) is 14.8. The number of ether oxygens (including phenoxy) is 4. The standard InChI is InChI=1S/C42H62O16.3CH3O.3Mg/c1-37(2)15-18(55-34-27(48)25(46)28(30(58-34)33(51)52)56-35-26(47)23(44)24(45)29(57-35)32(49)50)16-40(5)22(37)8-9-42(7)31(40)21(43)14-19-20-17-39(4,36(53)54)11-10-38(20,3)12-13-41(19,42)6;3*1-2;;;/h14,18,20,22-31,34-35,44-48H,8-13,15-17H2,1-7H3,(H,49,50)(H,51,52)(H,53,54);3*1H3;;;/q;3*-1;3*+2/p-3. The van der Waals surface area contributed by atoms with E-state index < -0.39 is 118 Å². The number of hydrogen-bond donors (Lipinski definition) is 5. The van der Waals surface area contributed by atoms with E-state index >= 15 is 0 Å². The Morgan fingerprint density at radius 3 is 1.69 bits per heavy atom. The van der Waals surface area contributed by atoms with Crippen LogP contribution in [-0.4, -0.2) is 207 Å². The minimum atomic E-state index is -2.19. The number of rotatable bonds is 7. The van der Waals surface area contributed by atoms with Gasteiger partial charge >= 0.3 is 69.2 Å². The van der Waals surface area contributed by atoms with E-state index in [2.05, 4.69) is 41.5 Å². The number of fused-ring (bicyclic) bond motifs is 7. The third kappa shape index (κ3) is 11.3. The molecule has 5 aliphatic carbocycles. The molecule has 7 aliphatic rings. The number of carboxylic acids is 3. The third-order valence-electron chi connectivity index (χ3n) is 16.9. The molecule has 5 N–H and O–H groups in total. The van der Waals surface area contributed by atoms with E-state index in [0.29, 0.717) is 25.7 Å². The maximum atomic E-state index is 14.9. The third-order valence-corrected chi connectivity index (χ3v) is 16.9. The Labute approximate surface area is 441 Å². The molecule has 2 aliphatic heterocycles. The number of aliphatic hydroxyl groups is 5. The van der Waals surface area contributed by atoms with Crippen LogP contribution in [0.5, 0.6) is 0 Å². The van der Waals surface area contributed by atoms with Crippen molar-refractivity contribution in [3.63, 3.8) is 0 Å². The Hall–Kier alpha value is -0.361. The van der Waals surface area contributed by atoms with Gasteiger partial charge in [-0.15, -0.1) is 0 Å². The van der Waals surface area contributed by atoms with Crippen molar-refractivity contribution in [2.75, 3.05) is 21.3 Å². The van der Waals surface area contributed by atoms with Gasteiger partial charge in [0.25, 0.3) is 0 Å². The molecule has 0 aromatic carbocycles. The molecule has 368 valence electrons. The topological polar surface area (TPSA) is 345 Å². The molecule has 0 aromatic rings. The van der Waals surface area contributed by atoms with Crippen molar-refractivity contribution in [3.05, 3.63) is 11.6 Å². The van der Waals surface area contributed by atoms with Crippen molar-refractivity contribution in [1.82, 2.24) is 0 Å². The first-order valence-corrected chi connectivity index (χ1v) is 21.9. The van der Waals surface area contributed by atoms with Crippen LogP contribution in [0, 0.1) is 50.2 Å². The molecule has 19 unspecified atom stereocenters. The molecule has 0 aromatic heterocycles. The molecular weight excluding hydrogens is 917 g/mol. The first-order valence-electron chi connectivity index (χ1n) is 21.9. The molecule has 2 heterocycles. The Bertz CT molecular complexity index is 1760. The second kappa shape index (κ2) is 24.1. The van der Waals surface area contributed by atoms with Crippen LogP contribution < -0.4 is 30.6 Å². The van der Waals surface area contributed by atoms with Crippen molar-refractivity contribution < 1.29 is 94.3 Å². The number of hydrogen-bond acceptors (Lipinski definition) is 19. The summed E-state index contributed by atoms with van der Waals surface area (Å²) in [5.74, 6) is -5.40. The molecule has 19 atom stereocenters. The van der Waals surface area contributed by atoms with Gasteiger partial charge in [0.05, 0.1) is 18.0 Å². The molecule has 4 saturated carbocycles. The minimum Gasteiger partial charge on any atom is -0.857 e. The van der Waals surface area contributed by atoms with Gasteiger partial charge in [-0.3, -0.25) is 4.79 Å². The fourth-order valence-corrected chi connectivity index (χ4v) is 13.5. The number of aliphatic hydroxyl groups excluding tert-OH is 5. The monoisotopic (exact) mass is 984 g/mol. The van der Waals surface area contributed by atoms with E-state index in [1.165, 1.54) is 0 Å². The van der Waals surface area contributed by atoms with Crippen molar-refractivity contribution in [2.45, 2.75) is 174 Å². The molecule has 19 nitrogen and oxygen atoms in total. The molecule has 0 bridgehead atoms. The van der Waals surface area contributed by atoms with Gasteiger partial charge in [0, 0.05) is 17.3 Å². The van der Waals surface area contributed by atoms with Crippen LogP contribution in [0.15, 0.2) is 11.6 Å². The van der Waals surface area contributed by atoms with Crippen LogP contribution in [0.3, 0.4) is 0 Å². The normalized spacial score (nSPS) is 45.8. The zero-order valence-corrected chi connectivity index (χ0v) is 44.8. The maximum Gasteiger partial charge on any atom is 2.00 e. The number of carbonyl (C=O) groups is 4. The molecule has 2 saturated heterocycles. The second-order valence-electron chi connectivity index (χ2n) is 20.7. The van der Waals surface area contributed by atoms with E-state index in [0.717, 1.165) is 59.0 Å². The summed E-state index contributed by atoms with van der Waals surface area (Å²) in [6.07, 6.45) is -13.6. The van der Waals surface area contributed by atoms with Crippen molar-refractivity contribution >= 4 is 92.8 Å². The molecule has 0 spiro atoms. The van der Waals surface area contributed by atoms with Crippen molar-refractivity contribution in [1.29, 1.82) is 0 Å². The number of carboxylic acid groups (broad SMARTS) is 3. The summed E-state index contributed by atoms with van der Waals surface area (Å²) < 4.78 is 22.6. The summed E-state index contributed by atoms with van der Waals surface area (Å²) >= 11 is 0. The Kier molecular flexibility index (Phi) is 23.3. The summed E-state index contributed by atoms with van der Waals surface area (Å²) in [5, 5.41) is 114. The van der Waals surface area contributed by atoms with E-state index in [-0.39, 0.29) is 92.2 Å². The number of allylic oxidation sites excluding steroid dienone is 2. The Balaban J connectivity index is 0.00000240. The maximum absolute atomic E-state index is 14.9. The smallest absolute Gasteiger partial charge is 0.857 e. The van der Waals surface area contributed by atoms with Crippen molar-refractivity contribution in [3.8, 4) is 0 Å². The summed E-state index contributed by atoms with van der Waals surface area (Å²) in [6, 6.07) is 0. The first-order chi connectivity index (χ1) is 29.7. The Morgan fingerprint density at radius 1 is 0.642 bits per heavy atom. The zero-order chi connectivity index (χ0) is 48.9. The van der Waals surface area contributed by atoms with Crippen LogP contribution in [0.4, 0.5) is 0 Å². The largest absolute Gasteiger partial charge is 2.00 e. The van der Waals surface area contributed by atoms with Crippen LogP contribution >= 0.6 is 0 Å². The number of aliphatic carboxylic acids is 3. The van der Waals surface area contributed by atoms with Crippen LogP contribution in [0.25, 0.3) is 0 Å². The van der Waals surface area contributed by atoms with Gasteiger partial charge in [0.15, 0.2) is 18.4 Å². The van der Waals surface area contributed by atoms with Gasteiger partial charge in [-0.25, -0.2) is 0 Å². The molecular formula is C45H68Mg3O19.